The summed E-state index contributed by atoms with van der Waals surface area (Å²) in [4.78, 5) is 20.1. The third-order valence-corrected chi connectivity index (χ3v) is 3.58. The highest BCUT2D eigenvalue weighted by molar-refractivity contribution is 5.76. The number of pyridine rings is 1. The number of nitrogens with one attached hydrogen (secondary N) is 1. The van der Waals surface area contributed by atoms with E-state index < -0.39 is 0 Å². The average molecular weight is 317 g/mol. The van der Waals surface area contributed by atoms with Gasteiger partial charge in [0.05, 0.1) is 25.8 Å². The SMILES string of the molecule is O=C(CCn1cncn1)NC1COCCC1Oc1ccccn1. The summed E-state index contributed by atoms with van der Waals surface area (Å²) < 4.78 is 13.0. The van der Waals surface area contributed by atoms with Crippen LogP contribution in [0.25, 0.3) is 0 Å². The molecule has 3 rings (SSSR count). The highest BCUT2D eigenvalue weighted by Crippen LogP contribution is 2.16. The molecule has 1 N–H and O–H groups in total. The molecule has 8 nitrogen and oxygen atoms in total. The number of ether oxygens (including phenoxy) is 2. The highest BCUT2D eigenvalue weighted by Gasteiger charge is 2.29. The molecule has 0 aromatic carbocycles. The van der Waals surface area contributed by atoms with E-state index in [-0.39, 0.29) is 18.1 Å². The Labute approximate surface area is 133 Å². The number of aromatic nitrogens is 4. The summed E-state index contributed by atoms with van der Waals surface area (Å²) in [6, 6.07) is 5.32. The molecule has 23 heavy (non-hydrogen) atoms. The van der Waals surface area contributed by atoms with Crippen LogP contribution in [0.2, 0.25) is 0 Å². The molecule has 1 aliphatic rings. The number of carbonyl (C=O) groups is 1. The molecule has 0 spiro atoms. The number of nitrogens with zero attached hydrogens (tertiary/aromatic N) is 4. The van der Waals surface area contributed by atoms with Crippen molar-refractivity contribution in [1.82, 2.24) is 25.1 Å². The predicted molar refractivity (Wildman–Crippen MR) is 80.7 cm³/mol. The van der Waals surface area contributed by atoms with Gasteiger partial charge in [-0.15, -0.1) is 0 Å². The van der Waals surface area contributed by atoms with E-state index in [2.05, 4.69) is 20.4 Å². The molecule has 2 aromatic heterocycles. The van der Waals surface area contributed by atoms with E-state index in [1.54, 1.807) is 23.3 Å². The van der Waals surface area contributed by atoms with Gasteiger partial charge < -0.3 is 14.8 Å². The summed E-state index contributed by atoms with van der Waals surface area (Å²) in [5, 5.41) is 6.95. The number of hydrogen-bond acceptors (Lipinski definition) is 6. The van der Waals surface area contributed by atoms with Crippen molar-refractivity contribution in [2.75, 3.05) is 13.2 Å². The lowest BCUT2D eigenvalue weighted by Gasteiger charge is -2.32. The molecular formula is C15H19N5O3. The molecule has 0 saturated carbocycles. The van der Waals surface area contributed by atoms with Gasteiger partial charge >= 0.3 is 0 Å². The number of amides is 1. The lowest BCUT2D eigenvalue weighted by molar-refractivity contribution is -0.124. The second-order valence-electron chi connectivity index (χ2n) is 5.27. The van der Waals surface area contributed by atoms with Crippen molar-refractivity contribution in [2.24, 2.45) is 0 Å². The molecule has 2 aromatic rings. The first-order valence-electron chi connectivity index (χ1n) is 7.58. The van der Waals surface area contributed by atoms with Crippen LogP contribution in [-0.4, -0.2) is 51.0 Å². The van der Waals surface area contributed by atoms with Crippen molar-refractivity contribution >= 4 is 5.91 Å². The zero-order valence-corrected chi connectivity index (χ0v) is 12.7. The lowest BCUT2D eigenvalue weighted by Crippen LogP contribution is -2.52. The topological polar surface area (TPSA) is 91.2 Å². The second-order valence-corrected chi connectivity index (χ2v) is 5.27. The summed E-state index contributed by atoms with van der Waals surface area (Å²) in [6.07, 6.45) is 5.61. The van der Waals surface area contributed by atoms with Crippen LogP contribution in [-0.2, 0) is 16.1 Å². The number of aryl methyl sites for hydroxylation is 1. The Morgan fingerprint density at radius 3 is 3.22 bits per heavy atom. The van der Waals surface area contributed by atoms with Gasteiger partial charge in [-0.2, -0.15) is 5.10 Å². The first-order valence-corrected chi connectivity index (χ1v) is 7.58. The monoisotopic (exact) mass is 317 g/mol. The molecule has 1 amide bonds. The predicted octanol–water partition coefficient (Wildman–Crippen LogP) is 0.416. The number of hydrogen-bond donors (Lipinski definition) is 1. The number of carbonyl (C=O) groups excluding carboxylic acids is 1. The third-order valence-electron chi connectivity index (χ3n) is 3.58. The maximum atomic E-state index is 12.1. The van der Waals surface area contributed by atoms with E-state index in [4.69, 9.17) is 9.47 Å². The minimum absolute atomic E-state index is 0.0642. The van der Waals surface area contributed by atoms with Crippen LogP contribution in [0.15, 0.2) is 37.1 Å². The molecule has 1 aliphatic heterocycles. The fraction of sp³-hybridized carbons (Fsp3) is 0.467. The number of rotatable bonds is 6. The van der Waals surface area contributed by atoms with Crippen LogP contribution in [0.1, 0.15) is 12.8 Å². The Morgan fingerprint density at radius 1 is 1.48 bits per heavy atom. The van der Waals surface area contributed by atoms with Crippen molar-refractivity contribution < 1.29 is 14.3 Å². The zero-order valence-electron chi connectivity index (χ0n) is 12.7. The Bertz CT molecular complexity index is 605. The maximum Gasteiger partial charge on any atom is 0.222 e. The van der Waals surface area contributed by atoms with Gasteiger partial charge in [0.1, 0.15) is 18.8 Å². The quantitative estimate of drug-likeness (QED) is 0.830. The molecule has 0 aliphatic carbocycles. The van der Waals surface area contributed by atoms with Crippen LogP contribution in [0.5, 0.6) is 5.88 Å². The summed E-state index contributed by atoms with van der Waals surface area (Å²) in [5.74, 6) is 0.492. The van der Waals surface area contributed by atoms with Crippen molar-refractivity contribution in [3.8, 4) is 5.88 Å². The molecule has 3 heterocycles. The highest BCUT2D eigenvalue weighted by atomic mass is 16.5. The van der Waals surface area contributed by atoms with Crippen LogP contribution < -0.4 is 10.1 Å². The second kappa shape index (κ2) is 7.68. The maximum absolute atomic E-state index is 12.1. The summed E-state index contributed by atoms with van der Waals surface area (Å²) in [5.41, 5.74) is 0. The van der Waals surface area contributed by atoms with E-state index in [1.807, 2.05) is 12.1 Å². The van der Waals surface area contributed by atoms with E-state index >= 15 is 0 Å². The normalized spacial score (nSPS) is 20.9. The third kappa shape index (κ3) is 4.49. The van der Waals surface area contributed by atoms with Gasteiger partial charge in [-0.1, -0.05) is 6.07 Å². The van der Waals surface area contributed by atoms with Crippen LogP contribution in [0.3, 0.4) is 0 Å². The first-order chi connectivity index (χ1) is 11.3. The van der Waals surface area contributed by atoms with Gasteiger partial charge in [0, 0.05) is 25.1 Å². The summed E-state index contributed by atoms with van der Waals surface area (Å²) in [6.45, 7) is 1.54. The average Bonchev–Trinajstić information content (AvgIpc) is 3.09. The molecule has 1 saturated heterocycles. The molecule has 8 heteroatoms. The summed E-state index contributed by atoms with van der Waals surface area (Å²) >= 11 is 0. The van der Waals surface area contributed by atoms with E-state index in [9.17, 15) is 4.79 Å². The smallest absolute Gasteiger partial charge is 0.222 e. The van der Waals surface area contributed by atoms with Gasteiger partial charge in [0.2, 0.25) is 11.8 Å². The standard InChI is InChI=1S/C15H19N5O3/c21-14(4-7-20-11-16-10-18-20)19-12-9-22-8-5-13(12)23-15-3-1-2-6-17-15/h1-3,6,10-13H,4-5,7-9H2,(H,19,21). The van der Waals surface area contributed by atoms with Gasteiger partial charge in [-0.25, -0.2) is 9.97 Å². The van der Waals surface area contributed by atoms with Gasteiger partial charge in [-0.3, -0.25) is 9.48 Å². The van der Waals surface area contributed by atoms with Crippen molar-refractivity contribution in [2.45, 2.75) is 31.5 Å². The van der Waals surface area contributed by atoms with E-state index in [1.165, 1.54) is 6.33 Å². The first kappa shape index (κ1) is 15.4. The van der Waals surface area contributed by atoms with Crippen LogP contribution >= 0.6 is 0 Å². The van der Waals surface area contributed by atoms with Gasteiger partial charge in [-0.05, 0) is 6.07 Å². The Hall–Kier alpha value is -2.48. The molecular weight excluding hydrogens is 298 g/mol. The molecule has 1 fully saturated rings. The van der Waals surface area contributed by atoms with E-state index in [0.29, 0.717) is 38.5 Å². The van der Waals surface area contributed by atoms with Crippen molar-refractivity contribution in [1.29, 1.82) is 0 Å². The van der Waals surface area contributed by atoms with Crippen molar-refractivity contribution in [3.05, 3.63) is 37.1 Å². The van der Waals surface area contributed by atoms with Crippen LogP contribution in [0.4, 0.5) is 0 Å². The largest absolute Gasteiger partial charge is 0.472 e. The summed E-state index contributed by atoms with van der Waals surface area (Å²) in [7, 11) is 0. The molecule has 2 unspecified atom stereocenters. The molecule has 122 valence electrons. The van der Waals surface area contributed by atoms with Gasteiger partial charge in [0.15, 0.2) is 0 Å². The Morgan fingerprint density at radius 2 is 2.43 bits per heavy atom. The molecule has 0 bridgehead atoms. The lowest BCUT2D eigenvalue weighted by atomic mass is 10.1. The Kier molecular flexibility index (Phi) is 5.15. The molecule has 2 atom stereocenters. The Balaban J connectivity index is 1.52. The van der Waals surface area contributed by atoms with Crippen molar-refractivity contribution in [3.63, 3.8) is 0 Å². The fourth-order valence-electron chi connectivity index (χ4n) is 2.41. The fourth-order valence-corrected chi connectivity index (χ4v) is 2.41. The van der Waals surface area contributed by atoms with Crippen LogP contribution in [0, 0.1) is 0 Å². The van der Waals surface area contributed by atoms with E-state index in [0.717, 1.165) is 0 Å². The zero-order chi connectivity index (χ0) is 15.9. The minimum Gasteiger partial charge on any atom is -0.472 e. The van der Waals surface area contributed by atoms with Gasteiger partial charge in [0.25, 0.3) is 0 Å². The minimum atomic E-state index is -0.186. The molecule has 0 radical (unpaired) electrons.